The number of β-amino-alcohol motifs (C(OH)–C–C–N with tert-alkyl or cyclic N) is 1. The number of aryl methyl sites for hydroxylation is 3. The van der Waals surface area contributed by atoms with Gasteiger partial charge >= 0.3 is 0 Å². The minimum absolute atomic E-state index is 0.0126. The second kappa shape index (κ2) is 20.7. The molecule has 0 bridgehead atoms. The van der Waals surface area contributed by atoms with E-state index in [0.29, 0.717) is 29.4 Å². The van der Waals surface area contributed by atoms with Crippen molar-refractivity contribution in [3.8, 4) is 21.2 Å². The zero-order valence-corrected chi connectivity index (χ0v) is 44.0. The maximum Gasteiger partial charge on any atom is 0.246 e. The highest BCUT2D eigenvalue weighted by atomic mass is 35.5. The third-order valence-electron chi connectivity index (χ3n) is 13.8. The number of halogens is 1. The molecular weight excluding hydrogens is 970 g/mol. The lowest BCUT2D eigenvalue weighted by Crippen LogP contribution is -2.58. The molecule has 0 spiro atoms. The number of thiophene rings is 1. The summed E-state index contributed by atoms with van der Waals surface area (Å²) < 4.78 is 8.29. The molecule has 6 aromatic rings. The molecule has 4 N–H and O–H groups in total. The van der Waals surface area contributed by atoms with E-state index >= 15 is 0 Å². The lowest BCUT2D eigenvalue weighted by atomic mass is 9.85. The third kappa shape index (κ3) is 10.8. The summed E-state index contributed by atoms with van der Waals surface area (Å²) in [5.41, 5.74) is 8.58. The van der Waals surface area contributed by atoms with Crippen LogP contribution >= 0.6 is 34.3 Å². The van der Waals surface area contributed by atoms with E-state index in [0.717, 1.165) is 60.5 Å². The van der Waals surface area contributed by atoms with Gasteiger partial charge < -0.3 is 30.7 Å². The number of hydrogen-bond acceptors (Lipinski definition) is 12. The van der Waals surface area contributed by atoms with Gasteiger partial charge in [-0.15, -0.1) is 32.9 Å². The Balaban J connectivity index is 0.768. The first-order valence-corrected chi connectivity index (χ1v) is 26.4. The number of aliphatic imine (C=N–C) groups is 1. The normalized spacial score (nSPS) is 20.3. The molecular formula is C54H60ClN9O6S2. The molecule has 3 aliphatic rings. The van der Waals surface area contributed by atoms with Crippen molar-refractivity contribution in [2.75, 3.05) is 6.54 Å². The van der Waals surface area contributed by atoms with Crippen molar-refractivity contribution in [1.29, 1.82) is 0 Å². The van der Waals surface area contributed by atoms with Crippen LogP contribution in [0.1, 0.15) is 115 Å². The van der Waals surface area contributed by atoms with Crippen LogP contribution in [0.2, 0.25) is 5.02 Å². The van der Waals surface area contributed by atoms with Crippen molar-refractivity contribution in [2.24, 2.45) is 10.4 Å². The van der Waals surface area contributed by atoms with Gasteiger partial charge in [-0.05, 0) is 86.6 Å². The molecule has 9 rings (SSSR count). The summed E-state index contributed by atoms with van der Waals surface area (Å²) in [6.07, 6.45) is 0.466. The minimum Gasteiger partial charge on any atom is -0.490 e. The summed E-state index contributed by atoms with van der Waals surface area (Å²) in [4.78, 5) is 68.5. The number of rotatable bonds is 14. The Labute approximate surface area is 432 Å². The zero-order chi connectivity index (χ0) is 51.2. The molecule has 5 atom stereocenters. The molecule has 1 saturated carbocycles. The molecule has 1 aliphatic carbocycles. The Morgan fingerprint density at radius 3 is 2.25 bits per heavy atom. The smallest absolute Gasteiger partial charge is 0.246 e. The molecule has 3 aromatic carbocycles. The Hall–Kier alpha value is -6.27. The molecule has 4 amide bonds. The van der Waals surface area contributed by atoms with Crippen molar-refractivity contribution < 1.29 is 29.0 Å². The number of fused-ring (bicyclic) bond motifs is 3. The maximum atomic E-state index is 14.3. The summed E-state index contributed by atoms with van der Waals surface area (Å²) in [7, 11) is 0. The van der Waals surface area contributed by atoms with Gasteiger partial charge in [0, 0.05) is 52.9 Å². The summed E-state index contributed by atoms with van der Waals surface area (Å²) in [6, 6.07) is 20.0. The number of amides is 4. The van der Waals surface area contributed by atoms with E-state index in [1.54, 1.807) is 22.7 Å². The number of thiazole rings is 1. The lowest BCUT2D eigenvalue weighted by Gasteiger charge is -2.36. The van der Waals surface area contributed by atoms with Gasteiger partial charge in [0.1, 0.15) is 40.8 Å². The van der Waals surface area contributed by atoms with E-state index in [-0.39, 0.29) is 61.7 Å². The van der Waals surface area contributed by atoms with Gasteiger partial charge in [-0.25, -0.2) is 4.98 Å². The van der Waals surface area contributed by atoms with E-state index < -0.39 is 35.6 Å². The predicted octanol–water partition coefficient (Wildman–Crippen LogP) is 8.26. The fourth-order valence-corrected chi connectivity index (χ4v) is 11.8. The Bertz CT molecular complexity index is 3030. The average molecular weight is 1030 g/mol. The Kier molecular flexibility index (Phi) is 14.6. The van der Waals surface area contributed by atoms with E-state index in [4.69, 9.17) is 21.3 Å². The highest BCUT2D eigenvalue weighted by Crippen LogP contribution is 2.40. The Morgan fingerprint density at radius 2 is 1.58 bits per heavy atom. The monoisotopic (exact) mass is 1030 g/mol. The molecule has 1 saturated heterocycles. The second-order valence-electron chi connectivity index (χ2n) is 20.3. The van der Waals surface area contributed by atoms with Crippen LogP contribution in [-0.4, -0.2) is 96.0 Å². The van der Waals surface area contributed by atoms with Gasteiger partial charge in [0.25, 0.3) is 0 Å². The number of hydrogen-bond donors (Lipinski definition) is 4. The molecule has 18 heteroatoms. The number of benzene rings is 3. The number of ether oxygens (including phenoxy) is 1. The van der Waals surface area contributed by atoms with Crippen LogP contribution in [0.3, 0.4) is 0 Å². The molecule has 376 valence electrons. The molecule has 1 unspecified atom stereocenters. The fourth-order valence-electron chi connectivity index (χ4n) is 9.67. The van der Waals surface area contributed by atoms with E-state index in [9.17, 15) is 24.3 Å². The van der Waals surface area contributed by atoms with Gasteiger partial charge in [0.15, 0.2) is 5.82 Å². The molecule has 15 nitrogen and oxygen atoms in total. The van der Waals surface area contributed by atoms with Crippen molar-refractivity contribution in [3.63, 3.8) is 0 Å². The summed E-state index contributed by atoms with van der Waals surface area (Å²) in [5, 5.41) is 30.5. The second-order valence-corrected chi connectivity index (χ2v) is 22.8. The topological polar surface area (TPSA) is 193 Å². The van der Waals surface area contributed by atoms with Crippen molar-refractivity contribution in [1.82, 2.24) is 40.6 Å². The minimum atomic E-state index is -0.959. The first kappa shape index (κ1) is 50.7. The van der Waals surface area contributed by atoms with Gasteiger partial charge in [-0.2, -0.15) is 0 Å². The van der Waals surface area contributed by atoms with Gasteiger partial charge in [-0.1, -0.05) is 80.9 Å². The number of nitrogens with zero attached hydrogens (tertiary/aromatic N) is 6. The first-order valence-electron chi connectivity index (χ1n) is 24.3. The van der Waals surface area contributed by atoms with Gasteiger partial charge in [0.05, 0.1) is 46.8 Å². The highest BCUT2D eigenvalue weighted by Gasteiger charge is 2.45. The van der Waals surface area contributed by atoms with E-state index in [1.165, 1.54) is 9.78 Å². The predicted molar refractivity (Wildman–Crippen MR) is 280 cm³/mol. The largest absolute Gasteiger partial charge is 0.490 e. The van der Waals surface area contributed by atoms with Gasteiger partial charge in [-0.3, -0.25) is 28.7 Å². The number of nitrogens with one attached hydrogen (secondary N) is 3. The number of carbonyl (C=O) groups is 4. The third-order valence-corrected chi connectivity index (χ3v) is 16.3. The van der Waals surface area contributed by atoms with Crippen LogP contribution in [0.5, 0.6) is 5.75 Å². The standard InChI is InChI=1S/C54H60ClN9O6S2/c1-28-31(4)72-53-46(28)47(35-15-17-37(55)18-16-35)59-42(50-62-61-32(5)64(50)53)25-45(67)58-38-22-41(23-38)70-40-19-9-33(10-20-40)21-44(66)60-49(54(6,7)8)52(69)63-26-39(65)24-43(63)51(68)57-29(2)34-11-13-36(14-12-34)48-30(3)56-27-71-48/h9-20,27,29,38-39,41-43,49,65H,21-26H2,1-8H3,(H,57,68)(H,58,67)(H,60,66)/t29-,38-,39+,41-,42?,43-,49+/m0/s1. The highest BCUT2D eigenvalue weighted by molar-refractivity contribution is 7.15. The molecule has 2 aliphatic heterocycles. The molecule has 3 aromatic heterocycles. The van der Waals surface area contributed by atoms with Crippen LogP contribution in [0.15, 0.2) is 83.3 Å². The summed E-state index contributed by atoms with van der Waals surface area (Å²) in [5.74, 6) is 0.706. The number of likely N-dealkylation sites (tertiary alicyclic amines) is 1. The molecule has 5 heterocycles. The van der Waals surface area contributed by atoms with Crippen molar-refractivity contribution in [3.05, 3.63) is 133 Å². The number of carbonyl (C=O) groups excluding carboxylic acids is 4. The molecule has 72 heavy (non-hydrogen) atoms. The lowest BCUT2D eigenvalue weighted by molar-refractivity contribution is -0.144. The van der Waals surface area contributed by atoms with Crippen LogP contribution in [0.25, 0.3) is 15.4 Å². The number of aliphatic hydroxyl groups is 1. The van der Waals surface area contributed by atoms with Crippen LogP contribution < -0.4 is 20.7 Å². The van der Waals surface area contributed by atoms with Crippen LogP contribution in [0, 0.1) is 33.1 Å². The quantitative estimate of drug-likeness (QED) is 0.0832. The SMILES string of the molecule is Cc1ncsc1-c1ccc([C@H](C)NC(=O)[C@@H]2C[C@@H](O)CN2C(=O)[C@@H](NC(=O)Cc2ccc(O[C@H]3C[C@H](NC(=O)CC4N=C(c5ccc(Cl)cc5)c5c(sc(C)c5C)-n5c(C)nnc54)C3)cc2)C(C)(C)C)cc1. The average Bonchev–Trinajstić information content (AvgIpc) is 4.10. The maximum absolute atomic E-state index is 14.3. The first-order chi connectivity index (χ1) is 34.3. The van der Waals surface area contributed by atoms with E-state index in [1.807, 2.05) is 124 Å². The summed E-state index contributed by atoms with van der Waals surface area (Å²) >= 11 is 9.51. The molecule has 2 fully saturated rings. The zero-order valence-electron chi connectivity index (χ0n) is 41.7. The van der Waals surface area contributed by atoms with Crippen LogP contribution in [0.4, 0.5) is 0 Å². The molecule has 0 radical (unpaired) electrons. The fraction of sp³-hybridized carbons (Fsp3) is 0.407. The van der Waals surface area contributed by atoms with Crippen molar-refractivity contribution in [2.45, 2.75) is 130 Å². The van der Waals surface area contributed by atoms with Gasteiger partial charge in [0.2, 0.25) is 23.6 Å². The van der Waals surface area contributed by atoms with E-state index in [2.05, 4.69) is 45.0 Å². The summed E-state index contributed by atoms with van der Waals surface area (Å²) in [6.45, 7) is 15.5. The van der Waals surface area contributed by atoms with Crippen molar-refractivity contribution >= 4 is 63.6 Å². The van der Waals surface area contributed by atoms with Crippen LogP contribution in [-0.2, 0) is 25.6 Å². The number of aromatic nitrogens is 4. The number of aliphatic hydroxyl groups excluding tert-OH is 1. The Morgan fingerprint density at radius 1 is 0.889 bits per heavy atom.